The molecule has 1 aromatic heterocycles. The Morgan fingerprint density at radius 3 is 2.23 bits per heavy atom. The van der Waals surface area contributed by atoms with Gasteiger partial charge in [0.1, 0.15) is 17.5 Å². The number of benzene rings is 3. The van der Waals surface area contributed by atoms with Gasteiger partial charge in [-0.05, 0) is 67.9 Å². The highest BCUT2D eigenvalue weighted by atomic mass is 32.2. The summed E-state index contributed by atoms with van der Waals surface area (Å²) >= 11 is 1.81. The van der Waals surface area contributed by atoms with E-state index in [1.807, 2.05) is 38.1 Å². The number of imide groups is 1. The monoisotopic (exact) mass is 696 g/mol. The summed E-state index contributed by atoms with van der Waals surface area (Å²) in [6, 6.07) is 18.6. The lowest BCUT2D eigenvalue weighted by atomic mass is 9.83. The number of para-hydroxylation sites is 1. The zero-order chi connectivity index (χ0) is 34.3. The maximum Gasteiger partial charge on any atom is 0.418 e. The third-order valence-corrected chi connectivity index (χ3v) is 11.2. The second-order valence-corrected chi connectivity index (χ2v) is 13.4. The molecule has 1 saturated heterocycles. The number of hydrogen-bond donors (Lipinski definition) is 1. The predicted molar refractivity (Wildman–Crippen MR) is 179 cm³/mol. The summed E-state index contributed by atoms with van der Waals surface area (Å²) in [6.45, 7) is 5.18. The average molecular weight is 697 g/mol. The number of nitrogens with zero attached hydrogens (tertiary/aromatic N) is 3. The van der Waals surface area contributed by atoms with E-state index in [0.717, 1.165) is 54.0 Å². The molecule has 3 amide bonds. The first-order chi connectivity index (χ1) is 23.0. The van der Waals surface area contributed by atoms with E-state index < -0.39 is 57.1 Å². The summed E-state index contributed by atoms with van der Waals surface area (Å²) in [5, 5.41) is 1.95. The van der Waals surface area contributed by atoms with Crippen molar-refractivity contribution in [2.45, 2.75) is 42.8 Å². The molecule has 14 heteroatoms. The standard InChI is InChI=1S/C34H31F3N4O5S2/c1-4-39(5-2)21-14-10-19(11-15-21)26-27-28(31(44)41(30(27)43)24-9-7-6-8-23(24)34(35,36)37)47-32-29(26)48-33(45)40(32)18-25(42)38-20-12-16-22(46-3)17-13-20/h6-17,26-28H,4-5,18H2,1-3H3,(H,38,42). The van der Waals surface area contributed by atoms with E-state index in [1.54, 1.807) is 24.3 Å². The van der Waals surface area contributed by atoms with Gasteiger partial charge in [-0.15, -0.1) is 0 Å². The Morgan fingerprint density at radius 1 is 0.938 bits per heavy atom. The molecule has 3 heterocycles. The maximum absolute atomic E-state index is 14.2. The number of alkyl halides is 3. The summed E-state index contributed by atoms with van der Waals surface area (Å²) in [4.78, 5) is 57.6. The Morgan fingerprint density at radius 2 is 1.60 bits per heavy atom. The quantitative estimate of drug-likeness (QED) is 0.208. The molecule has 2 aliphatic heterocycles. The number of thiazole rings is 1. The molecule has 1 fully saturated rings. The van der Waals surface area contributed by atoms with E-state index in [9.17, 15) is 32.3 Å². The molecule has 0 aliphatic carbocycles. The predicted octanol–water partition coefficient (Wildman–Crippen LogP) is 6.22. The van der Waals surface area contributed by atoms with Gasteiger partial charge < -0.3 is 15.0 Å². The Bertz CT molecular complexity index is 1920. The summed E-state index contributed by atoms with van der Waals surface area (Å²) in [5.41, 5.74) is 0.404. The number of fused-ring (bicyclic) bond motifs is 2. The number of ether oxygens (including phenoxy) is 1. The van der Waals surface area contributed by atoms with Crippen LogP contribution in [0.4, 0.5) is 30.2 Å². The van der Waals surface area contributed by atoms with Crippen LogP contribution in [0.3, 0.4) is 0 Å². The van der Waals surface area contributed by atoms with Crippen molar-refractivity contribution >= 4 is 57.9 Å². The molecule has 3 unspecified atom stereocenters. The fourth-order valence-corrected chi connectivity index (χ4v) is 9.03. The molecule has 9 nitrogen and oxygen atoms in total. The van der Waals surface area contributed by atoms with Gasteiger partial charge in [0.25, 0.3) is 0 Å². The molecule has 0 bridgehead atoms. The van der Waals surface area contributed by atoms with Crippen LogP contribution in [0.5, 0.6) is 5.75 Å². The van der Waals surface area contributed by atoms with Gasteiger partial charge in [-0.3, -0.25) is 23.7 Å². The molecular formula is C34H31F3N4O5S2. The Labute approximate surface area is 282 Å². The van der Waals surface area contributed by atoms with Gasteiger partial charge in [0.15, 0.2) is 0 Å². The number of amides is 3. The number of anilines is 3. The van der Waals surface area contributed by atoms with Crippen LogP contribution in [0.15, 0.2) is 82.6 Å². The van der Waals surface area contributed by atoms with E-state index >= 15 is 0 Å². The molecule has 0 radical (unpaired) electrons. The van der Waals surface area contributed by atoms with Crippen molar-refractivity contribution in [2.24, 2.45) is 5.92 Å². The van der Waals surface area contributed by atoms with Crippen molar-refractivity contribution in [3.63, 3.8) is 0 Å². The minimum absolute atomic E-state index is 0.334. The highest BCUT2D eigenvalue weighted by molar-refractivity contribution is 8.00. The first-order valence-corrected chi connectivity index (χ1v) is 16.9. The first kappa shape index (κ1) is 33.3. The highest BCUT2D eigenvalue weighted by Gasteiger charge is 2.57. The van der Waals surface area contributed by atoms with Crippen molar-refractivity contribution in [2.75, 3.05) is 35.3 Å². The number of hydrogen-bond acceptors (Lipinski definition) is 8. The van der Waals surface area contributed by atoms with Gasteiger partial charge in [-0.25, -0.2) is 4.90 Å². The number of nitrogens with one attached hydrogen (secondary N) is 1. The lowest BCUT2D eigenvalue weighted by molar-refractivity contribution is -0.137. The van der Waals surface area contributed by atoms with Gasteiger partial charge in [-0.1, -0.05) is 47.4 Å². The van der Waals surface area contributed by atoms with E-state index in [1.165, 1.54) is 23.8 Å². The number of halogens is 3. The van der Waals surface area contributed by atoms with Crippen LogP contribution in [0.1, 0.15) is 35.8 Å². The van der Waals surface area contributed by atoms with Crippen molar-refractivity contribution in [3.8, 4) is 5.75 Å². The van der Waals surface area contributed by atoms with Crippen LogP contribution in [0, 0.1) is 5.92 Å². The second kappa shape index (κ2) is 13.2. The smallest absolute Gasteiger partial charge is 0.418 e. The molecule has 4 aromatic rings. The van der Waals surface area contributed by atoms with Gasteiger partial charge in [0.05, 0.1) is 29.3 Å². The van der Waals surface area contributed by atoms with E-state index in [4.69, 9.17) is 4.74 Å². The van der Waals surface area contributed by atoms with Crippen LogP contribution in [0.25, 0.3) is 0 Å². The third-order valence-electron chi connectivity index (χ3n) is 8.56. The van der Waals surface area contributed by atoms with Crippen LogP contribution in [-0.4, -0.2) is 47.7 Å². The molecule has 3 aromatic carbocycles. The summed E-state index contributed by atoms with van der Waals surface area (Å²) in [6.07, 6.45) is -4.81. The third kappa shape index (κ3) is 5.98. The Balaban J connectivity index is 1.42. The maximum atomic E-state index is 14.2. The minimum atomic E-state index is -4.81. The number of aromatic nitrogens is 1. The van der Waals surface area contributed by atoms with E-state index in [0.29, 0.717) is 31.8 Å². The van der Waals surface area contributed by atoms with Crippen LogP contribution < -0.4 is 24.7 Å². The van der Waals surface area contributed by atoms with Gasteiger partial charge in [0.2, 0.25) is 17.7 Å². The topological polar surface area (TPSA) is 101 Å². The van der Waals surface area contributed by atoms with E-state index in [-0.39, 0.29) is 6.54 Å². The number of rotatable bonds is 9. The Kier molecular flexibility index (Phi) is 9.14. The van der Waals surface area contributed by atoms with Crippen molar-refractivity contribution in [3.05, 3.63) is 98.5 Å². The van der Waals surface area contributed by atoms with Gasteiger partial charge in [-0.2, -0.15) is 13.2 Å². The summed E-state index contributed by atoms with van der Waals surface area (Å²) in [7, 11) is 1.52. The van der Waals surface area contributed by atoms with Crippen LogP contribution >= 0.6 is 23.1 Å². The summed E-state index contributed by atoms with van der Waals surface area (Å²) in [5.74, 6) is -3.39. The molecule has 250 valence electrons. The SMILES string of the molecule is CCN(CC)c1ccc(C2c3sc(=O)n(CC(=O)Nc4ccc(OC)cc4)c3SC3C(=O)N(c4ccccc4C(F)(F)F)C(=O)C32)cc1. The Hall–Kier alpha value is -4.56. The van der Waals surface area contributed by atoms with Gasteiger partial charge >= 0.3 is 11.0 Å². The number of carbonyl (C=O) groups excluding carboxylic acids is 3. The number of methoxy groups -OCH3 is 1. The van der Waals surface area contributed by atoms with E-state index in [2.05, 4.69) is 10.2 Å². The molecule has 48 heavy (non-hydrogen) atoms. The number of carbonyl (C=O) groups is 3. The van der Waals surface area contributed by atoms with Crippen LogP contribution in [-0.2, 0) is 27.1 Å². The molecule has 6 rings (SSSR count). The molecule has 1 N–H and O–H groups in total. The lowest BCUT2D eigenvalue weighted by Gasteiger charge is -2.31. The highest BCUT2D eigenvalue weighted by Crippen LogP contribution is 2.54. The van der Waals surface area contributed by atoms with Crippen molar-refractivity contribution in [1.29, 1.82) is 0 Å². The zero-order valence-electron chi connectivity index (χ0n) is 26.1. The fourth-order valence-electron chi connectivity index (χ4n) is 6.26. The van der Waals surface area contributed by atoms with Crippen molar-refractivity contribution in [1.82, 2.24) is 4.57 Å². The van der Waals surface area contributed by atoms with Crippen molar-refractivity contribution < 1.29 is 32.3 Å². The molecule has 0 saturated carbocycles. The fraction of sp³-hybridized carbons (Fsp3) is 0.294. The zero-order valence-corrected chi connectivity index (χ0v) is 27.7. The number of thioether (sulfide) groups is 1. The lowest BCUT2D eigenvalue weighted by Crippen LogP contribution is -2.33. The normalized spacial score (nSPS) is 18.8. The molecule has 0 spiro atoms. The first-order valence-electron chi connectivity index (χ1n) is 15.2. The molecule has 3 atom stereocenters. The second-order valence-electron chi connectivity index (χ2n) is 11.2. The minimum Gasteiger partial charge on any atom is -0.497 e. The van der Waals surface area contributed by atoms with Crippen LogP contribution in [0.2, 0.25) is 0 Å². The average Bonchev–Trinajstić information content (AvgIpc) is 3.51. The summed E-state index contributed by atoms with van der Waals surface area (Å²) < 4.78 is 48.6. The largest absolute Gasteiger partial charge is 0.497 e. The molecule has 2 aliphatic rings. The van der Waals surface area contributed by atoms with Gasteiger partial charge in [0, 0.05) is 35.3 Å². The molecular weight excluding hydrogens is 666 g/mol.